The summed E-state index contributed by atoms with van der Waals surface area (Å²) >= 11 is 0. The molecule has 24 heavy (non-hydrogen) atoms. The topological polar surface area (TPSA) is 41.0 Å². The van der Waals surface area contributed by atoms with E-state index < -0.39 is 0 Å². The van der Waals surface area contributed by atoms with Gasteiger partial charge in [-0.2, -0.15) is 0 Å². The molecule has 1 saturated heterocycles. The van der Waals surface area contributed by atoms with Crippen LogP contribution in [-0.4, -0.2) is 27.5 Å². The van der Waals surface area contributed by atoms with E-state index >= 15 is 0 Å². The maximum absolute atomic E-state index is 4.30. The van der Waals surface area contributed by atoms with Crippen LogP contribution in [0.15, 0.2) is 73.3 Å². The summed E-state index contributed by atoms with van der Waals surface area (Å²) in [7, 11) is 0. The van der Waals surface area contributed by atoms with Gasteiger partial charge < -0.3 is 10.2 Å². The fraction of sp³-hybridized carbons (Fsp3) is 0.300. The maximum atomic E-state index is 4.30. The van der Waals surface area contributed by atoms with Gasteiger partial charge in [-0.15, -0.1) is 0 Å². The van der Waals surface area contributed by atoms with Gasteiger partial charge in [-0.3, -0.25) is 0 Å². The first kappa shape index (κ1) is 16.2. The summed E-state index contributed by atoms with van der Waals surface area (Å²) in [4.78, 5) is 10.9. The van der Waals surface area contributed by atoms with Gasteiger partial charge >= 0.3 is 0 Å². The highest BCUT2D eigenvalue weighted by Crippen LogP contribution is 2.26. The summed E-state index contributed by atoms with van der Waals surface area (Å²) in [5.74, 6) is 0.816. The Morgan fingerprint density at radius 3 is 2.62 bits per heavy atom. The van der Waals surface area contributed by atoms with Crippen molar-refractivity contribution in [2.45, 2.75) is 31.8 Å². The standard InChI is InChI=1S/C20H24N4/c1-16(14-20-21-11-7-12-22-20)24-13-6-10-19(24)17(2)23-15-18-8-4-3-5-9-18/h3-5,7-9,11-12,19,23H,1-2,6,10,13-15H2. The molecule has 0 spiro atoms. The molecule has 4 nitrogen and oxygen atoms in total. The molecule has 0 aliphatic carbocycles. The Labute approximate surface area is 144 Å². The van der Waals surface area contributed by atoms with Crippen LogP contribution < -0.4 is 5.32 Å². The number of rotatable bonds is 7. The molecule has 3 rings (SSSR count). The molecule has 0 saturated carbocycles. The van der Waals surface area contributed by atoms with Crippen LogP contribution in [0.25, 0.3) is 0 Å². The van der Waals surface area contributed by atoms with Gasteiger partial charge in [0.1, 0.15) is 5.82 Å². The highest BCUT2D eigenvalue weighted by molar-refractivity contribution is 5.18. The summed E-state index contributed by atoms with van der Waals surface area (Å²) < 4.78 is 0. The van der Waals surface area contributed by atoms with E-state index in [-0.39, 0.29) is 0 Å². The number of aromatic nitrogens is 2. The minimum Gasteiger partial charge on any atom is -0.383 e. The van der Waals surface area contributed by atoms with E-state index in [9.17, 15) is 0 Å². The first-order valence-electron chi connectivity index (χ1n) is 8.41. The van der Waals surface area contributed by atoms with Crippen LogP contribution in [0.2, 0.25) is 0 Å². The minimum atomic E-state index is 0.296. The van der Waals surface area contributed by atoms with Gasteiger partial charge in [0.15, 0.2) is 0 Å². The zero-order valence-electron chi connectivity index (χ0n) is 14.0. The molecule has 0 amide bonds. The van der Waals surface area contributed by atoms with Gasteiger partial charge in [0.25, 0.3) is 0 Å². The molecule has 0 radical (unpaired) electrons. The smallest absolute Gasteiger partial charge is 0.134 e. The summed E-state index contributed by atoms with van der Waals surface area (Å²) in [5, 5.41) is 3.48. The molecule has 1 unspecified atom stereocenters. The molecule has 1 fully saturated rings. The lowest BCUT2D eigenvalue weighted by atomic mass is 10.1. The summed E-state index contributed by atoms with van der Waals surface area (Å²) in [5.41, 5.74) is 3.39. The van der Waals surface area contributed by atoms with Gasteiger partial charge in [-0.1, -0.05) is 43.5 Å². The first-order chi connectivity index (χ1) is 11.7. The predicted octanol–water partition coefficient (Wildman–Crippen LogP) is 3.30. The zero-order valence-corrected chi connectivity index (χ0v) is 14.0. The molecular formula is C20H24N4. The van der Waals surface area contributed by atoms with Crippen LogP contribution in [0.3, 0.4) is 0 Å². The second kappa shape index (κ2) is 7.77. The minimum absolute atomic E-state index is 0.296. The second-order valence-corrected chi connectivity index (χ2v) is 6.12. The lowest BCUT2D eigenvalue weighted by Gasteiger charge is -2.30. The average molecular weight is 320 g/mol. The Kier molecular flexibility index (Phi) is 5.26. The van der Waals surface area contributed by atoms with Crippen molar-refractivity contribution in [3.8, 4) is 0 Å². The quantitative estimate of drug-likeness (QED) is 0.850. The fourth-order valence-corrected chi connectivity index (χ4v) is 3.14. The number of hydrogen-bond acceptors (Lipinski definition) is 4. The van der Waals surface area contributed by atoms with Crippen molar-refractivity contribution in [2.75, 3.05) is 6.54 Å². The van der Waals surface area contributed by atoms with Crippen molar-refractivity contribution in [3.63, 3.8) is 0 Å². The zero-order chi connectivity index (χ0) is 16.8. The Bertz CT molecular complexity index is 681. The molecule has 1 atom stereocenters. The molecule has 1 aromatic carbocycles. The van der Waals surface area contributed by atoms with E-state index in [1.807, 2.05) is 12.1 Å². The molecule has 1 N–H and O–H groups in total. The van der Waals surface area contributed by atoms with E-state index in [2.05, 4.69) is 57.6 Å². The highest BCUT2D eigenvalue weighted by atomic mass is 15.2. The number of likely N-dealkylation sites (tertiary alicyclic amines) is 1. The molecule has 1 aliphatic rings. The first-order valence-corrected chi connectivity index (χ1v) is 8.41. The van der Waals surface area contributed by atoms with E-state index in [4.69, 9.17) is 0 Å². The third kappa shape index (κ3) is 4.02. The van der Waals surface area contributed by atoms with Crippen LogP contribution in [0.4, 0.5) is 0 Å². The van der Waals surface area contributed by atoms with Gasteiger partial charge in [-0.25, -0.2) is 9.97 Å². The van der Waals surface area contributed by atoms with Crippen molar-refractivity contribution in [1.29, 1.82) is 0 Å². The van der Waals surface area contributed by atoms with Crippen LogP contribution in [0.5, 0.6) is 0 Å². The van der Waals surface area contributed by atoms with Gasteiger partial charge in [-0.05, 0) is 24.5 Å². The lowest BCUT2D eigenvalue weighted by molar-refractivity contribution is 0.336. The van der Waals surface area contributed by atoms with E-state index in [1.165, 1.54) is 5.56 Å². The van der Waals surface area contributed by atoms with E-state index in [1.54, 1.807) is 12.4 Å². The molecule has 124 valence electrons. The van der Waals surface area contributed by atoms with Crippen LogP contribution >= 0.6 is 0 Å². The third-order valence-electron chi connectivity index (χ3n) is 4.41. The Balaban J connectivity index is 1.58. The fourth-order valence-electron chi connectivity index (χ4n) is 3.14. The van der Waals surface area contributed by atoms with Crippen molar-refractivity contribution in [3.05, 3.63) is 84.7 Å². The molecule has 4 heteroatoms. The average Bonchev–Trinajstić information content (AvgIpc) is 3.11. The molecule has 1 aliphatic heterocycles. The molecular weight excluding hydrogens is 296 g/mol. The van der Waals surface area contributed by atoms with Gasteiger partial charge in [0.05, 0.1) is 6.04 Å². The molecule has 2 aromatic rings. The Hall–Kier alpha value is -2.62. The Morgan fingerprint density at radius 2 is 1.88 bits per heavy atom. The summed E-state index contributed by atoms with van der Waals surface area (Å²) in [6.07, 6.45) is 6.50. The monoisotopic (exact) mass is 320 g/mol. The largest absolute Gasteiger partial charge is 0.383 e. The third-order valence-corrected chi connectivity index (χ3v) is 4.41. The molecule has 1 aromatic heterocycles. The number of nitrogens with one attached hydrogen (secondary N) is 1. The number of benzene rings is 1. The highest BCUT2D eigenvalue weighted by Gasteiger charge is 2.27. The van der Waals surface area contributed by atoms with Crippen LogP contribution in [0.1, 0.15) is 24.2 Å². The molecule has 2 heterocycles. The van der Waals surface area contributed by atoms with Crippen molar-refractivity contribution in [1.82, 2.24) is 20.2 Å². The van der Waals surface area contributed by atoms with Crippen molar-refractivity contribution >= 4 is 0 Å². The van der Waals surface area contributed by atoms with Crippen LogP contribution in [0, 0.1) is 0 Å². The number of nitrogens with zero attached hydrogens (tertiary/aromatic N) is 3. The maximum Gasteiger partial charge on any atom is 0.134 e. The second-order valence-electron chi connectivity index (χ2n) is 6.12. The van der Waals surface area contributed by atoms with Gasteiger partial charge in [0.2, 0.25) is 0 Å². The van der Waals surface area contributed by atoms with Crippen molar-refractivity contribution < 1.29 is 0 Å². The molecule has 0 bridgehead atoms. The lowest BCUT2D eigenvalue weighted by Crippen LogP contribution is -2.35. The summed E-state index contributed by atoms with van der Waals surface area (Å²) in [6.45, 7) is 10.3. The van der Waals surface area contributed by atoms with Crippen molar-refractivity contribution in [2.24, 2.45) is 0 Å². The summed E-state index contributed by atoms with van der Waals surface area (Å²) in [6, 6.07) is 12.5. The van der Waals surface area contributed by atoms with E-state index in [0.717, 1.165) is 43.1 Å². The van der Waals surface area contributed by atoms with E-state index in [0.29, 0.717) is 12.5 Å². The predicted molar refractivity (Wildman–Crippen MR) is 97.0 cm³/mol. The Morgan fingerprint density at radius 1 is 1.12 bits per heavy atom. The van der Waals surface area contributed by atoms with Gasteiger partial charge in [0, 0.05) is 43.3 Å². The SMILES string of the molecule is C=C(NCc1ccccc1)C1CCCN1C(=C)Cc1ncccn1. The van der Waals surface area contributed by atoms with Crippen LogP contribution in [-0.2, 0) is 13.0 Å². The number of allylic oxidation sites excluding steroid dienone is 1. The normalized spacial score (nSPS) is 16.8. The number of hydrogen-bond donors (Lipinski definition) is 1.